The first-order valence-electron chi connectivity index (χ1n) is 10.6. The number of hydrogen-bond donors (Lipinski definition) is 0. The summed E-state index contributed by atoms with van der Waals surface area (Å²) in [5, 5.41) is 0.530. The molecule has 0 amide bonds. The number of hydrogen-bond acceptors (Lipinski definition) is 5. The summed E-state index contributed by atoms with van der Waals surface area (Å²) >= 11 is 0. The van der Waals surface area contributed by atoms with Gasteiger partial charge in [0.05, 0.1) is 17.7 Å². The monoisotopic (exact) mass is 392 g/mol. The van der Waals surface area contributed by atoms with Crippen LogP contribution in [-0.2, 0) is 6.42 Å². The van der Waals surface area contributed by atoms with Crippen LogP contribution in [0.4, 0.5) is 0 Å². The molecule has 152 valence electrons. The lowest BCUT2D eigenvalue weighted by Gasteiger charge is -2.26. The predicted molar refractivity (Wildman–Crippen MR) is 115 cm³/mol. The molecular formula is C23H28N4O2. The van der Waals surface area contributed by atoms with Gasteiger partial charge in [-0.2, -0.15) is 0 Å². The van der Waals surface area contributed by atoms with Crippen LogP contribution in [0.2, 0.25) is 0 Å². The first kappa shape index (κ1) is 19.6. The first-order valence-corrected chi connectivity index (χ1v) is 10.6. The van der Waals surface area contributed by atoms with Gasteiger partial charge in [-0.15, -0.1) is 0 Å². The Morgan fingerprint density at radius 3 is 2.62 bits per heavy atom. The van der Waals surface area contributed by atoms with Crippen molar-refractivity contribution in [3.8, 4) is 11.4 Å². The van der Waals surface area contributed by atoms with E-state index in [4.69, 9.17) is 4.74 Å². The maximum absolute atomic E-state index is 13.0. The van der Waals surface area contributed by atoms with Gasteiger partial charge in [0.2, 0.25) is 0 Å². The molecule has 4 rings (SSSR count). The number of likely N-dealkylation sites (tertiary alicyclic amines) is 1. The molecule has 1 aliphatic heterocycles. The van der Waals surface area contributed by atoms with Crippen LogP contribution in [0.15, 0.2) is 47.4 Å². The van der Waals surface area contributed by atoms with Crippen LogP contribution < -0.4 is 10.3 Å². The number of piperidine rings is 1. The molecule has 3 heterocycles. The zero-order valence-corrected chi connectivity index (χ0v) is 17.0. The summed E-state index contributed by atoms with van der Waals surface area (Å²) in [6.07, 6.45) is 7.35. The molecular weight excluding hydrogens is 364 g/mol. The molecule has 0 saturated carbocycles. The second-order valence-electron chi connectivity index (χ2n) is 7.49. The summed E-state index contributed by atoms with van der Waals surface area (Å²) in [6, 6.07) is 11.2. The predicted octanol–water partition coefficient (Wildman–Crippen LogP) is 3.60. The van der Waals surface area contributed by atoms with Gasteiger partial charge in [-0.25, -0.2) is 9.97 Å². The molecule has 0 bridgehead atoms. The van der Waals surface area contributed by atoms with E-state index < -0.39 is 0 Å². The van der Waals surface area contributed by atoms with Crippen molar-refractivity contribution in [3.05, 3.63) is 58.8 Å². The van der Waals surface area contributed by atoms with Crippen molar-refractivity contribution in [1.82, 2.24) is 19.4 Å². The van der Waals surface area contributed by atoms with E-state index in [-0.39, 0.29) is 5.56 Å². The lowest BCUT2D eigenvalue weighted by Crippen LogP contribution is -2.31. The van der Waals surface area contributed by atoms with Crippen molar-refractivity contribution in [2.45, 2.75) is 39.0 Å². The average molecular weight is 393 g/mol. The van der Waals surface area contributed by atoms with Crippen LogP contribution in [0.25, 0.3) is 16.7 Å². The largest absolute Gasteiger partial charge is 0.494 e. The fourth-order valence-corrected chi connectivity index (χ4v) is 3.92. The highest BCUT2D eigenvalue weighted by atomic mass is 16.5. The molecule has 2 aromatic heterocycles. The highest BCUT2D eigenvalue weighted by Gasteiger charge is 2.12. The van der Waals surface area contributed by atoms with Gasteiger partial charge in [-0.05, 0) is 68.8 Å². The Bertz CT molecular complexity index is 1010. The number of rotatable bonds is 7. The van der Waals surface area contributed by atoms with Crippen molar-refractivity contribution >= 4 is 11.0 Å². The smallest absolute Gasteiger partial charge is 0.267 e. The van der Waals surface area contributed by atoms with Crippen LogP contribution in [0.3, 0.4) is 0 Å². The number of ether oxygens (including phenoxy) is 1. The van der Waals surface area contributed by atoms with Gasteiger partial charge in [0.15, 0.2) is 5.65 Å². The van der Waals surface area contributed by atoms with Crippen molar-refractivity contribution in [2.75, 3.05) is 26.2 Å². The number of benzene rings is 1. The number of aromatic nitrogens is 3. The Balaban J connectivity index is 1.45. The summed E-state index contributed by atoms with van der Waals surface area (Å²) in [7, 11) is 0. The minimum Gasteiger partial charge on any atom is -0.494 e. The summed E-state index contributed by atoms with van der Waals surface area (Å²) in [5.41, 5.74) is 1.21. The molecule has 0 N–H and O–H groups in total. The third kappa shape index (κ3) is 4.48. The van der Waals surface area contributed by atoms with E-state index in [1.807, 2.05) is 31.2 Å². The molecule has 1 aliphatic rings. The third-order valence-electron chi connectivity index (χ3n) is 5.46. The van der Waals surface area contributed by atoms with Crippen LogP contribution in [0, 0.1) is 0 Å². The van der Waals surface area contributed by atoms with Gasteiger partial charge in [0.1, 0.15) is 11.6 Å². The molecule has 0 aliphatic carbocycles. The van der Waals surface area contributed by atoms with E-state index in [0.717, 1.165) is 24.4 Å². The van der Waals surface area contributed by atoms with Gasteiger partial charge in [0, 0.05) is 19.2 Å². The highest BCUT2D eigenvalue weighted by molar-refractivity contribution is 5.73. The molecule has 1 saturated heterocycles. The zero-order valence-electron chi connectivity index (χ0n) is 17.0. The van der Waals surface area contributed by atoms with Crippen molar-refractivity contribution in [1.29, 1.82) is 0 Å². The van der Waals surface area contributed by atoms with E-state index in [0.29, 0.717) is 29.9 Å². The Hall–Kier alpha value is -2.73. The lowest BCUT2D eigenvalue weighted by molar-refractivity contribution is 0.205. The third-order valence-corrected chi connectivity index (χ3v) is 5.46. The molecule has 29 heavy (non-hydrogen) atoms. The van der Waals surface area contributed by atoms with Crippen molar-refractivity contribution < 1.29 is 4.74 Å². The van der Waals surface area contributed by atoms with Gasteiger partial charge < -0.3 is 9.64 Å². The van der Waals surface area contributed by atoms with Crippen LogP contribution in [-0.4, -0.2) is 45.7 Å². The normalized spacial score (nSPS) is 14.9. The van der Waals surface area contributed by atoms with Crippen LogP contribution in [0.1, 0.15) is 38.4 Å². The molecule has 0 spiro atoms. The summed E-state index contributed by atoms with van der Waals surface area (Å²) in [5.74, 6) is 1.53. The molecule has 0 unspecified atom stereocenters. The minimum atomic E-state index is -0.0878. The molecule has 6 heteroatoms. The first-order chi connectivity index (χ1) is 14.3. The van der Waals surface area contributed by atoms with E-state index >= 15 is 0 Å². The van der Waals surface area contributed by atoms with Gasteiger partial charge in [-0.1, -0.05) is 13.3 Å². The molecule has 1 aromatic carbocycles. The molecule has 6 nitrogen and oxygen atoms in total. The SMILES string of the molecule is CCc1nc2ncccc2c(=O)n1-c1ccc(OCCCN2CCCCC2)cc1. The lowest BCUT2D eigenvalue weighted by atomic mass is 10.1. The standard InChI is InChI=1S/C23H28N4O2/c1-2-21-25-22-20(8-6-13-24-22)23(28)27(21)18-9-11-19(12-10-18)29-17-7-16-26-14-4-3-5-15-26/h6,8-13H,2-5,7,14-17H2,1H3. The fraction of sp³-hybridized carbons (Fsp3) is 0.435. The number of fused-ring (bicyclic) bond motifs is 1. The van der Waals surface area contributed by atoms with E-state index in [2.05, 4.69) is 14.9 Å². The van der Waals surface area contributed by atoms with E-state index in [9.17, 15) is 4.79 Å². The van der Waals surface area contributed by atoms with Gasteiger partial charge >= 0.3 is 0 Å². The van der Waals surface area contributed by atoms with Crippen LogP contribution in [0.5, 0.6) is 5.75 Å². The Labute approximate surface area is 171 Å². The summed E-state index contributed by atoms with van der Waals surface area (Å²) in [4.78, 5) is 24.3. The Morgan fingerprint density at radius 1 is 1.07 bits per heavy atom. The quantitative estimate of drug-likeness (QED) is 0.575. The minimum absolute atomic E-state index is 0.0878. The molecule has 3 aromatic rings. The number of pyridine rings is 1. The maximum Gasteiger partial charge on any atom is 0.267 e. The molecule has 0 atom stereocenters. The highest BCUT2D eigenvalue weighted by Crippen LogP contribution is 2.17. The topological polar surface area (TPSA) is 60.3 Å². The fourth-order valence-electron chi connectivity index (χ4n) is 3.92. The van der Waals surface area contributed by atoms with E-state index in [1.165, 1.54) is 32.4 Å². The number of nitrogens with zero attached hydrogens (tertiary/aromatic N) is 4. The van der Waals surface area contributed by atoms with Crippen molar-refractivity contribution in [2.24, 2.45) is 0 Å². The average Bonchev–Trinajstić information content (AvgIpc) is 2.78. The second-order valence-corrected chi connectivity index (χ2v) is 7.49. The Morgan fingerprint density at radius 2 is 1.86 bits per heavy atom. The summed E-state index contributed by atoms with van der Waals surface area (Å²) in [6.45, 7) is 6.24. The van der Waals surface area contributed by atoms with Gasteiger partial charge in [-0.3, -0.25) is 9.36 Å². The zero-order chi connectivity index (χ0) is 20.1. The van der Waals surface area contributed by atoms with E-state index in [1.54, 1.807) is 22.9 Å². The van der Waals surface area contributed by atoms with Crippen LogP contribution >= 0.6 is 0 Å². The number of aryl methyl sites for hydroxylation is 1. The molecule has 1 fully saturated rings. The second kappa shape index (κ2) is 9.18. The molecule has 0 radical (unpaired) electrons. The van der Waals surface area contributed by atoms with Crippen molar-refractivity contribution in [3.63, 3.8) is 0 Å². The van der Waals surface area contributed by atoms with Gasteiger partial charge in [0.25, 0.3) is 5.56 Å². The summed E-state index contributed by atoms with van der Waals surface area (Å²) < 4.78 is 7.58. The Kier molecular flexibility index (Phi) is 6.20. The maximum atomic E-state index is 13.0.